The summed E-state index contributed by atoms with van der Waals surface area (Å²) in [5.41, 5.74) is 0. The van der Waals surface area contributed by atoms with Gasteiger partial charge >= 0.3 is 7.82 Å². The zero-order valence-corrected chi connectivity index (χ0v) is 14.7. The highest BCUT2D eigenvalue weighted by molar-refractivity contribution is 7.48. The van der Waals surface area contributed by atoms with Gasteiger partial charge in [0.25, 0.3) is 0 Å². The van der Waals surface area contributed by atoms with Crippen molar-refractivity contribution in [2.24, 2.45) is 0 Å². The molecule has 0 bridgehead atoms. The lowest BCUT2D eigenvalue weighted by molar-refractivity contribution is 0.176. The summed E-state index contributed by atoms with van der Waals surface area (Å²) in [4.78, 5) is 0. The van der Waals surface area contributed by atoms with Crippen LogP contribution in [0, 0.1) is 0 Å². The molecule has 1 aromatic rings. The van der Waals surface area contributed by atoms with Crippen LogP contribution < -0.4 is 4.52 Å². The van der Waals surface area contributed by atoms with E-state index < -0.39 is 7.82 Å². The number of benzene rings is 1. The molecular formula is C17H29O4P. The Morgan fingerprint density at radius 1 is 0.909 bits per heavy atom. The van der Waals surface area contributed by atoms with E-state index >= 15 is 0 Å². The van der Waals surface area contributed by atoms with Crippen molar-refractivity contribution in [1.82, 2.24) is 0 Å². The van der Waals surface area contributed by atoms with E-state index in [1.165, 1.54) is 45.6 Å². The fourth-order valence-corrected chi connectivity index (χ4v) is 3.10. The van der Waals surface area contributed by atoms with Crippen molar-refractivity contribution in [2.75, 3.05) is 13.7 Å². The van der Waals surface area contributed by atoms with Gasteiger partial charge in [0.1, 0.15) is 5.75 Å². The number of phosphoric ester groups is 1. The van der Waals surface area contributed by atoms with Crippen LogP contribution in [-0.4, -0.2) is 13.7 Å². The Morgan fingerprint density at radius 3 is 2.09 bits per heavy atom. The molecule has 0 radical (unpaired) electrons. The van der Waals surface area contributed by atoms with Gasteiger partial charge in [0.15, 0.2) is 0 Å². The molecule has 5 heteroatoms. The molecule has 1 aromatic carbocycles. The average molecular weight is 328 g/mol. The highest BCUT2D eigenvalue weighted by atomic mass is 31.2. The maximum atomic E-state index is 12.3. The molecule has 0 fully saturated rings. The molecule has 126 valence electrons. The van der Waals surface area contributed by atoms with Gasteiger partial charge in [-0.2, -0.15) is 0 Å². The number of phosphoric acid groups is 1. The first-order valence-corrected chi connectivity index (χ1v) is 9.71. The summed E-state index contributed by atoms with van der Waals surface area (Å²) >= 11 is 0. The first-order valence-electron chi connectivity index (χ1n) is 8.25. The molecule has 1 atom stereocenters. The minimum Gasteiger partial charge on any atom is -0.404 e. The van der Waals surface area contributed by atoms with Crippen LogP contribution in [0.3, 0.4) is 0 Å². The van der Waals surface area contributed by atoms with E-state index in [1.807, 2.05) is 18.2 Å². The third-order valence-electron chi connectivity index (χ3n) is 3.43. The first kappa shape index (κ1) is 19.2. The normalized spacial score (nSPS) is 13.7. The molecule has 4 nitrogen and oxygen atoms in total. The minimum absolute atomic E-state index is 0.396. The van der Waals surface area contributed by atoms with E-state index in [1.54, 1.807) is 12.1 Å². The summed E-state index contributed by atoms with van der Waals surface area (Å²) in [5.74, 6) is 0.489. The van der Waals surface area contributed by atoms with Gasteiger partial charge in [-0.1, -0.05) is 70.1 Å². The Hall–Kier alpha value is -0.830. The van der Waals surface area contributed by atoms with Gasteiger partial charge < -0.3 is 4.52 Å². The van der Waals surface area contributed by atoms with Crippen molar-refractivity contribution < 1.29 is 18.1 Å². The van der Waals surface area contributed by atoms with Crippen LogP contribution in [0.25, 0.3) is 0 Å². The van der Waals surface area contributed by atoms with Gasteiger partial charge in [-0.25, -0.2) is 4.57 Å². The van der Waals surface area contributed by atoms with Crippen LogP contribution in [0.1, 0.15) is 58.3 Å². The second kappa shape index (κ2) is 11.7. The van der Waals surface area contributed by atoms with Crippen molar-refractivity contribution in [2.45, 2.75) is 58.3 Å². The standard InChI is InChI=1S/C17H29O4P/c1-3-4-5-6-7-8-9-13-16-20-22(18,19-2)21-17-14-11-10-12-15-17/h10-12,14-15H,3-9,13,16H2,1-2H3. The van der Waals surface area contributed by atoms with Crippen LogP contribution in [0.4, 0.5) is 0 Å². The van der Waals surface area contributed by atoms with Crippen molar-refractivity contribution in [3.63, 3.8) is 0 Å². The molecule has 0 aliphatic heterocycles. The van der Waals surface area contributed by atoms with Gasteiger partial charge in [-0.3, -0.25) is 9.05 Å². The number of unbranched alkanes of at least 4 members (excludes halogenated alkanes) is 7. The van der Waals surface area contributed by atoms with Gasteiger partial charge in [0.2, 0.25) is 0 Å². The zero-order chi connectivity index (χ0) is 16.1. The Bertz CT molecular complexity index is 422. The van der Waals surface area contributed by atoms with Crippen molar-refractivity contribution >= 4 is 7.82 Å². The van der Waals surface area contributed by atoms with Gasteiger partial charge in [-0.05, 0) is 18.6 Å². The lowest BCUT2D eigenvalue weighted by Gasteiger charge is -2.16. The van der Waals surface area contributed by atoms with E-state index in [-0.39, 0.29) is 0 Å². The Kier molecular flexibility index (Phi) is 10.2. The Balaban J connectivity index is 2.14. The summed E-state index contributed by atoms with van der Waals surface area (Å²) in [7, 11) is -2.15. The SMILES string of the molecule is CCCCCCCCCCOP(=O)(OC)Oc1ccccc1. The molecule has 0 amide bonds. The number of rotatable bonds is 13. The maximum absolute atomic E-state index is 12.3. The highest BCUT2D eigenvalue weighted by Gasteiger charge is 2.26. The van der Waals surface area contributed by atoms with Gasteiger partial charge in [-0.15, -0.1) is 0 Å². The lowest BCUT2D eigenvalue weighted by Crippen LogP contribution is -2.01. The number of hydrogen-bond donors (Lipinski definition) is 0. The molecule has 0 saturated heterocycles. The van der Waals surface area contributed by atoms with E-state index in [0.29, 0.717) is 12.4 Å². The second-order valence-corrected chi connectivity index (χ2v) is 7.04. The van der Waals surface area contributed by atoms with Crippen LogP contribution in [0.15, 0.2) is 30.3 Å². The van der Waals surface area contributed by atoms with E-state index in [9.17, 15) is 4.57 Å². The third-order valence-corrected chi connectivity index (χ3v) is 4.81. The van der Waals surface area contributed by atoms with Crippen LogP contribution >= 0.6 is 7.82 Å². The lowest BCUT2D eigenvalue weighted by atomic mass is 10.1. The predicted octanol–water partition coefficient (Wildman–Crippen LogP) is 5.98. The molecule has 0 spiro atoms. The van der Waals surface area contributed by atoms with Crippen LogP contribution in [0.5, 0.6) is 5.75 Å². The zero-order valence-electron chi connectivity index (χ0n) is 13.8. The van der Waals surface area contributed by atoms with Crippen LogP contribution in [-0.2, 0) is 13.6 Å². The summed E-state index contributed by atoms with van der Waals surface area (Å²) in [6.45, 7) is 2.62. The predicted molar refractivity (Wildman–Crippen MR) is 90.2 cm³/mol. The first-order chi connectivity index (χ1) is 10.7. The molecular weight excluding hydrogens is 299 g/mol. The molecule has 0 saturated carbocycles. The number of hydrogen-bond acceptors (Lipinski definition) is 4. The van der Waals surface area contributed by atoms with Crippen LogP contribution in [0.2, 0.25) is 0 Å². The second-order valence-electron chi connectivity index (χ2n) is 5.34. The quantitative estimate of drug-likeness (QED) is 0.330. The minimum atomic E-state index is -3.49. The Morgan fingerprint density at radius 2 is 1.50 bits per heavy atom. The molecule has 0 aliphatic carbocycles. The van der Waals surface area contributed by atoms with Crippen molar-refractivity contribution in [1.29, 1.82) is 0 Å². The fraction of sp³-hybridized carbons (Fsp3) is 0.647. The average Bonchev–Trinajstić information content (AvgIpc) is 2.54. The summed E-state index contributed by atoms with van der Waals surface area (Å²) in [6, 6.07) is 8.95. The molecule has 0 aliphatic rings. The molecule has 0 aromatic heterocycles. The molecule has 22 heavy (non-hydrogen) atoms. The summed E-state index contributed by atoms with van der Waals surface area (Å²) < 4.78 is 27.9. The highest BCUT2D eigenvalue weighted by Crippen LogP contribution is 2.48. The summed E-state index contributed by atoms with van der Waals surface area (Å²) in [6.07, 6.45) is 9.67. The number of para-hydroxylation sites is 1. The fourth-order valence-electron chi connectivity index (χ4n) is 2.14. The van der Waals surface area contributed by atoms with E-state index in [2.05, 4.69) is 6.92 Å². The van der Waals surface area contributed by atoms with E-state index in [4.69, 9.17) is 13.6 Å². The topological polar surface area (TPSA) is 44.8 Å². The molecule has 1 unspecified atom stereocenters. The third kappa shape index (κ3) is 8.57. The van der Waals surface area contributed by atoms with E-state index in [0.717, 1.165) is 12.8 Å². The Labute approximate surface area is 134 Å². The van der Waals surface area contributed by atoms with Gasteiger partial charge in [0, 0.05) is 7.11 Å². The van der Waals surface area contributed by atoms with Gasteiger partial charge in [0.05, 0.1) is 6.61 Å². The van der Waals surface area contributed by atoms with Crippen molar-refractivity contribution in [3.05, 3.63) is 30.3 Å². The largest absolute Gasteiger partial charge is 0.529 e. The smallest absolute Gasteiger partial charge is 0.404 e. The maximum Gasteiger partial charge on any atom is 0.529 e. The monoisotopic (exact) mass is 328 g/mol. The molecule has 1 rings (SSSR count). The van der Waals surface area contributed by atoms with Crippen molar-refractivity contribution in [3.8, 4) is 5.75 Å². The summed E-state index contributed by atoms with van der Waals surface area (Å²) in [5, 5.41) is 0. The molecule has 0 N–H and O–H groups in total. The molecule has 0 heterocycles.